The first kappa shape index (κ1) is 13.2. The minimum absolute atomic E-state index is 0.0162. The molecule has 6 heteroatoms. The van der Waals surface area contributed by atoms with Crippen molar-refractivity contribution in [3.05, 3.63) is 40.9 Å². The van der Waals surface area contributed by atoms with Gasteiger partial charge in [-0.2, -0.15) is 0 Å². The highest BCUT2D eigenvalue weighted by Gasteiger charge is 2.27. The molecule has 1 aromatic carbocycles. The van der Waals surface area contributed by atoms with Crippen LogP contribution >= 0.6 is 11.3 Å². The molecule has 0 aliphatic heterocycles. The third-order valence-corrected chi connectivity index (χ3v) is 4.18. The number of anilines is 1. The molecular weight excluding hydrogens is 274 g/mol. The van der Waals surface area contributed by atoms with Crippen LogP contribution in [0.2, 0.25) is 0 Å². The fourth-order valence-electron chi connectivity index (χ4n) is 1.92. The second-order valence-electron chi connectivity index (χ2n) is 4.90. The summed E-state index contributed by atoms with van der Waals surface area (Å²) in [5.41, 5.74) is 0.735. The van der Waals surface area contributed by atoms with Crippen LogP contribution in [-0.4, -0.2) is 21.2 Å². The lowest BCUT2D eigenvalue weighted by atomic mass is 10.1. The molecule has 1 saturated carbocycles. The van der Waals surface area contributed by atoms with Gasteiger partial charge in [-0.1, -0.05) is 41.7 Å². The average Bonchev–Trinajstić information content (AvgIpc) is 3.20. The maximum Gasteiger partial charge on any atom is 0.229 e. The second-order valence-corrected chi connectivity index (χ2v) is 5.91. The Morgan fingerprint density at radius 3 is 2.80 bits per heavy atom. The van der Waals surface area contributed by atoms with Crippen LogP contribution < -0.4 is 5.32 Å². The lowest BCUT2D eigenvalue weighted by Crippen LogP contribution is -2.15. The van der Waals surface area contributed by atoms with E-state index in [9.17, 15) is 9.90 Å². The van der Waals surface area contributed by atoms with Crippen LogP contribution in [0.25, 0.3) is 0 Å². The number of aliphatic hydroxyl groups excluding tert-OH is 1. The van der Waals surface area contributed by atoms with Gasteiger partial charge < -0.3 is 10.4 Å². The molecule has 1 fully saturated rings. The first-order valence-electron chi connectivity index (χ1n) is 6.58. The second kappa shape index (κ2) is 5.68. The van der Waals surface area contributed by atoms with Gasteiger partial charge in [0.15, 0.2) is 0 Å². The van der Waals surface area contributed by atoms with E-state index in [4.69, 9.17) is 0 Å². The van der Waals surface area contributed by atoms with Crippen LogP contribution in [0.1, 0.15) is 41.9 Å². The van der Waals surface area contributed by atoms with Crippen molar-refractivity contribution >= 4 is 22.4 Å². The normalized spacial score (nSPS) is 15.8. The molecule has 104 valence electrons. The Kier molecular flexibility index (Phi) is 3.75. The Balaban J connectivity index is 1.56. The van der Waals surface area contributed by atoms with Gasteiger partial charge in [0.1, 0.15) is 5.01 Å². The van der Waals surface area contributed by atoms with Gasteiger partial charge in [-0.15, -0.1) is 10.2 Å². The summed E-state index contributed by atoms with van der Waals surface area (Å²) in [4.78, 5) is 11.9. The number of nitrogens with one attached hydrogen (secondary N) is 1. The lowest BCUT2D eigenvalue weighted by Gasteiger charge is -2.09. The van der Waals surface area contributed by atoms with Gasteiger partial charge in [-0.3, -0.25) is 4.79 Å². The van der Waals surface area contributed by atoms with Gasteiger partial charge in [0.05, 0.1) is 12.5 Å². The van der Waals surface area contributed by atoms with Crippen molar-refractivity contribution in [2.75, 3.05) is 5.32 Å². The van der Waals surface area contributed by atoms with E-state index in [1.165, 1.54) is 11.3 Å². The van der Waals surface area contributed by atoms with E-state index in [0.29, 0.717) is 11.0 Å². The van der Waals surface area contributed by atoms with E-state index in [0.717, 1.165) is 23.4 Å². The van der Waals surface area contributed by atoms with Gasteiger partial charge >= 0.3 is 0 Å². The Bertz CT molecular complexity index is 595. The molecule has 2 aromatic rings. The van der Waals surface area contributed by atoms with E-state index in [-0.39, 0.29) is 12.3 Å². The number of rotatable bonds is 5. The third-order valence-electron chi connectivity index (χ3n) is 3.18. The lowest BCUT2D eigenvalue weighted by molar-refractivity contribution is -0.118. The predicted octanol–water partition coefficient (Wildman–Crippen LogP) is 2.48. The number of aliphatic hydroxyl groups is 1. The summed E-state index contributed by atoms with van der Waals surface area (Å²) < 4.78 is 0. The number of aromatic nitrogens is 2. The van der Waals surface area contributed by atoms with Gasteiger partial charge in [-0.25, -0.2) is 0 Å². The third kappa shape index (κ3) is 3.20. The number of carbonyl (C=O) groups excluding carboxylic acids is 1. The highest BCUT2D eigenvalue weighted by molar-refractivity contribution is 7.15. The Hall–Kier alpha value is -1.79. The summed E-state index contributed by atoms with van der Waals surface area (Å²) in [6.07, 6.45) is 1.54. The monoisotopic (exact) mass is 289 g/mol. The molecule has 1 aliphatic rings. The minimum Gasteiger partial charge on any atom is -0.388 e. The molecule has 0 bridgehead atoms. The maximum absolute atomic E-state index is 11.9. The van der Waals surface area contributed by atoms with E-state index in [1.807, 2.05) is 18.2 Å². The van der Waals surface area contributed by atoms with Gasteiger partial charge in [0.2, 0.25) is 11.0 Å². The molecule has 1 aliphatic carbocycles. The fraction of sp³-hybridized carbons (Fsp3) is 0.357. The molecule has 1 amide bonds. The quantitative estimate of drug-likeness (QED) is 0.886. The summed E-state index contributed by atoms with van der Waals surface area (Å²) in [5.74, 6) is 0.285. The Morgan fingerprint density at radius 1 is 1.35 bits per heavy atom. The first-order valence-corrected chi connectivity index (χ1v) is 7.40. The standard InChI is InChI=1S/C14H15N3O2S/c18-11(9-4-2-1-3-5-9)8-12(19)15-14-17-16-13(20-14)10-6-7-10/h1-5,10-11,18H,6-8H2,(H,15,17,19). The van der Waals surface area contributed by atoms with Crippen molar-refractivity contribution in [2.24, 2.45) is 0 Å². The molecule has 1 heterocycles. The zero-order chi connectivity index (χ0) is 13.9. The Labute approximate surface area is 120 Å². The summed E-state index contributed by atoms with van der Waals surface area (Å²) in [6, 6.07) is 9.14. The highest BCUT2D eigenvalue weighted by atomic mass is 32.1. The van der Waals surface area contributed by atoms with Gasteiger partial charge in [0.25, 0.3) is 0 Å². The molecule has 1 unspecified atom stereocenters. The molecule has 3 rings (SSSR count). The van der Waals surface area contributed by atoms with Crippen molar-refractivity contribution in [2.45, 2.75) is 31.3 Å². The van der Waals surface area contributed by atoms with Crippen molar-refractivity contribution in [3.63, 3.8) is 0 Å². The fourth-order valence-corrected chi connectivity index (χ4v) is 2.85. The summed E-state index contributed by atoms with van der Waals surface area (Å²) in [5, 5.41) is 22.2. The van der Waals surface area contributed by atoms with Gasteiger partial charge in [-0.05, 0) is 18.4 Å². The van der Waals surface area contributed by atoms with E-state index < -0.39 is 6.10 Å². The van der Waals surface area contributed by atoms with Crippen molar-refractivity contribution < 1.29 is 9.90 Å². The molecule has 20 heavy (non-hydrogen) atoms. The molecular formula is C14H15N3O2S. The van der Waals surface area contributed by atoms with Crippen LogP contribution in [0.15, 0.2) is 30.3 Å². The van der Waals surface area contributed by atoms with Crippen molar-refractivity contribution in [1.82, 2.24) is 10.2 Å². The van der Waals surface area contributed by atoms with Gasteiger partial charge in [0, 0.05) is 5.92 Å². The number of benzene rings is 1. The largest absolute Gasteiger partial charge is 0.388 e. The summed E-state index contributed by atoms with van der Waals surface area (Å²) >= 11 is 1.42. The zero-order valence-electron chi connectivity index (χ0n) is 10.8. The number of hydrogen-bond donors (Lipinski definition) is 2. The highest BCUT2D eigenvalue weighted by Crippen LogP contribution is 2.42. The Morgan fingerprint density at radius 2 is 2.10 bits per heavy atom. The molecule has 0 radical (unpaired) electrons. The number of nitrogens with zero attached hydrogens (tertiary/aromatic N) is 2. The first-order chi connectivity index (χ1) is 9.72. The van der Waals surface area contributed by atoms with E-state index in [1.54, 1.807) is 12.1 Å². The molecule has 5 nitrogen and oxygen atoms in total. The van der Waals surface area contributed by atoms with Crippen LogP contribution in [-0.2, 0) is 4.79 Å². The van der Waals surface area contributed by atoms with Crippen LogP contribution in [0.4, 0.5) is 5.13 Å². The molecule has 1 aromatic heterocycles. The van der Waals surface area contributed by atoms with Crippen LogP contribution in [0.5, 0.6) is 0 Å². The van der Waals surface area contributed by atoms with Crippen molar-refractivity contribution in [3.8, 4) is 0 Å². The van der Waals surface area contributed by atoms with Crippen LogP contribution in [0, 0.1) is 0 Å². The molecule has 0 spiro atoms. The summed E-state index contributed by atoms with van der Waals surface area (Å²) in [6.45, 7) is 0. The zero-order valence-corrected chi connectivity index (χ0v) is 11.6. The molecule has 1 atom stereocenters. The topological polar surface area (TPSA) is 75.1 Å². The minimum atomic E-state index is -0.799. The summed E-state index contributed by atoms with van der Waals surface area (Å²) in [7, 11) is 0. The number of hydrogen-bond acceptors (Lipinski definition) is 5. The smallest absolute Gasteiger partial charge is 0.229 e. The number of amides is 1. The predicted molar refractivity (Wildman–Crippen MR) is 76.5 cm³/mol. The maximum atomic E-state index is 11.9. The average molecular weight is 289 g/mol. The SMILES string of the molecule is O=C(CC(O)c1ccccc1)Nc1nnc(C2CC2)s1. The van der Waals surface area contributed by atoms with E-state index in [2.05, 4.69) is 15.5 Å². The van der Waals surface area contributed by atoms with E-state index >= 15 is 0 Å². The number of carbonyl (C=O) groups is 1. The van der Waals surface area contributed by atoms with Crippen molar-refractivity contribution in [1.29, 1.82) is 0 Å². The molecule has 2 N–H and O–H groups in total. The van der Waals surface area contributed by atoms with Crippen LogP contribution in [0.3, 0.4) is 0 Å². The molecule has 0 saturated heterocycles.